The molecule has 0 N–H and O–H groups in total. The standard InChI is InChI=1S/C27H22O2/c1-27(21-13-12-18-8-6-7-11-20(18)16-21)17-23-22(26(27)28)14-15-24(29-2)25(23)19-9-4-3-5-10-19/h3-16H,17H2,1-2H3. The quantitative estimate of drug-likeness (QED) is 0.423. The van der Waals surface area contributed by atoms with Crippen LogP contribution in [0.25, 0.3) is 21.9 Å². The van der Waals surface area contributed by atoms with E-state index in [0.29, 0.717) is 6.42 Å². The van der Waals surface area contributed by atoms with Crippen molar-refractivity contribution in [2.45, 2.75) is 18.8 Å². The molecule has 1 unspecified atom stereocenters. The zero-order valence-electron chi connectivity index (χ0n) is 16.6. The van der Waals surface area contributed by atoms with Crippen LogP contribution in [0.1, 0.15) is 28.4 Å². The van der Waals surface area contributed by atoms with Crippen molar-refractivity contribution in [1.82, 2.24) is 0 Å². The molecule has 2 nitrogen and oxygen atoms in total. The van der Waals surface area contributed by atoms with Gasteiger partial charge in [0.2, 0.25) is 0 Å². The highest BCUT2D eigenvalue weighted by molar-refractivity contribution is 6.10. The van der Waals surface area contributed by atoms with Crippen molar-refractivity contribution in [3.8, 4) is 16.9 Å². The number of Topliss-reactive ketones (excluding diaryl/α,β-unsaturated/α-hetero) is 1. The molecule has 4 aromatic carbocycles. The van der Waals surface area contributed by atoms with Gasteiger partial charge in [0, 0.05) is 11.1 Å². The first-order chi connectivity index (χ1) is 14.1. The summed E-state index contributed by atoms with van der Waals surface area (Å²) in [6, 6.07) is 28.7. The van der Waals surface area contributed by atoms with E-state index in [1.807, 2.05) is 42.5 Å². The van der Waals surface area contributed by atoms with Crippen molar-refractivity contribution in [3.63, 3.8) is 0 Å². The first-order valence-corrected chi connectivity index (χ1v) is 9.91. The molecule has 0 amide bonds. The molecule has 1 atom stereocenters. The number of carbonyl (C=O) groups is 1. The number of hydrogen-bond donors (Lipinski definition) is 0. The van der Waals surface area contributed by atoms with Crippen LogP contribution in [0.3, 0.4) is 0 Å². The summed E-state index contributed by atoms with van der Waals surface area (Å²) in [6.45, 7) is 2.07. The van der Waals surface area contributed by atoms with Crippen molar-refractivity contribution >= 4 is 16.6 Å². The second kappa shape index (κ2) is 6.59. The molecule has 0 fully saturated rings. The lowest BCUT2D eigenvalue weighted by molar-refractivity contribution is 0.0915. The first-order valence-electron chi connectivity index (χ1n) is 9.91. The van der Waals surface area contributed by atoms with E-state index in [4.69, 9.17) is 4.74 Å². The van der Waals surface area contributed by atoms with Gasteiger partial charge in [-0.15, -0.1) is 0 Å². The highest BCUT2D eigenvalue weighted by atomic mass is 16.5. The number of benzene rings is 4. The van der Waals surface area contributed by atoms with E-state index < -0.39 is 5.41 Å². The normalized spacial score (nSPS) is 18.1. The van der Waals surface area contributed by atoms with Crippen LogP contribution in [0.5, 0.6) is 5.75 Å². The fraction of sp³-hybridized carbons (Fsp3) is 0.148. The van der Waals surface area contributed by atoms with Crippen LogP contribution >= 0.6 is 0 Å². The molecule has 4 aromatic rings. The summed E-state index contributed by atoms with van der Waals surface area (Å²) in [5.74, 6) is 0.994. The molecule has 5 rings (SSSR count). The van der Waals surface area contributed by atoms with Gasteiger partial charge in [-0.3, -0.25) is 4.79 Å². The molecule has 2 heteroatoms. The molecule has 0 radical (unpaired) electrons. The molecule has 0 heterocycles. The Bertz CT molecular complexity index is 1240. The SMILES string of the molecule is COc1ccc2c(c1-c1ccccc1)CC(C)(c1ccc3ccccc3c1)C2=O. The molecule has 0 bridgehead atoms. The maximum absolute atomic E-state index is 13.6. The molecule has 0 saturated carbocycles. The van der Waals surface area contributed by atoms with Crippen LogP contribution < -0.4 is 4.74 Å². The molecule has 1 aliphatic carbocycles. The van der Waals surface area contributed by atoms with Crippen molar-refractivity contribution < 1.29 is 9.53 Å². The Balaban J connectivity index is 1.68. The number of fused-ring (bicyclic) bond motifs is 2. The number of rotatable bonds is 3. The van der Waals surface area contributed by atoms with E-state index in [-0.39, 0.29) is 5.78 Å². The maximum atomic E-state index is 13.6. The van der Waals surface area contributed by atoms with Gasteiger partial charge >= 0.3 is 0 Å². The number of hydrogen-bond acceptors (Lipinski definition) is 2. The van der Waals surface area contributed by atoms with Gasteiger partial charge in [-0.1, -0.05) is 72.8 Å². The van der Waals surface area contributed by atoms with E-state index in [2.05, 4.69) is 49.4 Å². The molecule has 0 spiro atoms. The Morgan fingerprint density at radius 1 is 0.828 bits per heavy atom. The van der Waals surface area contributed by atoms with Gasteiger partial charge < -0.3 is 4.74 Å². The third kappa shape index (κ3) is 2.67. The van der Waals surface area contributed by atoms with E-state index in [9.17, 15) is 4.79 Å². The van der Waals surface area contributed by atoms with Crippen LogP contribution in [0.4, 0.5) is 0 Å². The summed E-state index contributed by atoms with van der Waals surface area (Å²) in [7, 11) is 1.69. The van der Waals surface area contributed by atoms with E-state index in [1.165, 1.54) is 5.39 Å². The van der Waals surface area contributed by atoms with Gasteiger partial charge in [-0.25, -0.2) is 0 Å². The average Bonchev–Trinajstić information content (AvgIpc) is 3.04. The zero-order chi connectivity index (χ0) is 20.0. The van der Waals surface area contributed by atoms with Gasteiger partial charge in [0.15, 0.2) is 5.78 Å². The Hall–Kier alpha value is -3.39. The molecule has 0 saturated heterocycles. The van der Waals surface area contributed by atoms with Gasteiger partial charge in [0.25, 0.3) is 0 Å². The Morgan fingerprint density at radius 2 is 1.55 bits per heavy atom. The van der Waals surface area contributed by atoms with Crippen LogP contribution in [0.2, 0.25) is 0 Å². The lowest BCUT2D eigenvalue weighted by Crippen LogP contribution is -2.29. The van der Waals surface area contributed by atoms with Crippen molar-refractivity contribution in [3.05, 3.63) is 102 Å². The van der Waals surface area contributed by atoms with Crippen molar-refractivity contribution in [2.24, 2.45) is 0 Å². The fourth-order valence-electron chi connectivity index (χ4n) is 4.61. The minimum Gasteiger partial charge on any atom is -0.496 e. The van der Waals surface area contributed by atoms with Gasteiger partial charge in [-0.2, -0.15) is 0 Å². The molecular formula is C27H22O2. The summed E-state index contributed by atoms with van der Waals surface area (Å²) < 4.78 is 5.68. The topological polar surface area (TPSA) is 26.3 Å². The van der Waals surface area contributed by atoms with E-state index in [0.717, 1.165) is 39.0 Å². The van der Waals surface area contributed by atoms with Crippen LogP contribution in [-0.2, 0) is 11.8 Å². The Morgan fingerprint density at radius 3 is 2.31 bits per heavy atom. The predicted octanol–water partition coefficient (Wildman–Crippen LogP) is 6.21. The summed E-state index contributed by atoms with van der Waals surface area (Å²) >= 11 is 0. The maximum Gasteiger partial charge on any atom is 0.173 e. The summed E-state index contributed by atoms with van der Waals surface area (Å²) in [6.07, 6.45) is 0.668. The third-order valence-electron chi connectivity index (χ3n) is 6.22. The van der Waals surface area contributed by atoms with Crippen LogP contribution in [0, 0.1) is 0 Å². The fourth-order valence-corrected chi connectivity index (χ4v) is 4.61. The summed E-state index contributed by atoms with van der Waals surface area (Å²) in [5.41, 5.74) is 4.48. The predicted molar refractivity (Wildman–Crippen MR) is 118 cm³/mol. The highest BCUT2D eigenvalue weighted by Crippen LogP contribution is 2.46. The van der Waals surface area contributed by atoms with Crippen LogP contribution in [-0.4, -0.2) is 12.9 Å². The first kappa shape index (κ1) is 17.7. The molecule has 142 valence electrons. The van der Waals surface area contributed by atoms with Crippen LogP contribution in [0.15, 0.2) is 84.9 Å². The number of carbonyl (C=O) groups excluding carboxylic acids is 1. The minimum absolute atomic E-state index is 0.183. The smallest absolute Gasteiger partial charge is 0.173 e. The van der Waals surface area contributed by atoms with Crippen molar-refractivity contribution in [2.75, 3.05) is 7.11 Å². The molecule has 0 aliphatic heterocycles. The van der Waals surface area contributed by atoms with Gasteiger partial charge in [0.1, 0.15) is 5.75 Å². The van der Waals surface area contributed by atoms with E-state index in [1.54, 1.807) is 7.11 Å². The highest BCUT2D eigenvalue weighted by Gasteiger charge is 2.44. The average molecular weight is 378 g/mol. The van der Waals surface area contributed by atoms with Gasteiger partial charge in [0.05, 0.1) is 12.5 Å². The van der Waals surface area contributed by atoms with Crippen molar-refractivity contribution in [1.29, 1.82) is 0 Å². The number of ketones is 1. The van der Waals surface area contributed by atoms with Gasteiger partial charge in [-0.05, 0) is 52.9 Å². The second-order valence-corrected chi connectivity index (χ2v) is 7.93. The second-order valence-electron chi connectivity index (χ2n) is 7.93. The molecule has 29 heavy (non-hydrogen) atoms. The molecule has 0 aromatic heterocycles. The summed E-state index contributed by atoms with van der Waals surface area (Å²) in [5, 5.41) is 2.35. The number of ether oxygens (including phenoxy) is 1. The lowest BCUT2D eigenvalue weighted by Gasteiger charge is -2.23. The molecule has 1 aliphatic rings. The summed E-state index contributed by atoms with van der Waals surface area (Å²) in [4.78, 5) is 13.6. The Labute approximate surface area is 170 Å². The molecular weight excluding hydrogens is 356 g/mol. The lowest BCUT2D eigenvalue weighted by atomic mass is 9.78. The monoisotopic (exact) mass is 378 g/mol. The minimum atomic E-state index is -0.581. The zero-order valence-corrected chi connectivity index (χ0v) is 16.6. The third-order valence-corrected chi connectivity index (χ3v) is 6.22. The van der Waals surface area contributed by atoms with E-state index >= 15 is 0 Å². The largest absolute Gasteiger partial charge is 0.496 e. The number of methoxy groups -OCH3 is 1. The Kier molecular flexibility index (Phi) is 4.02.